The van der Waals surface area contributed by atoms with E-state index in [-0.39, 0.29) is 5.25 Å². The van der Waals surface area contributed by atoms with Gasteiger partial charge in [0.2, 0.25) is 0 Å². The maximum absolute atomic E-state index is 11.1. The number of fused-ring (bicyclic) bond motifs is 1. The topological polar surface area (TPSA) is 40.5 Å². The summed E-state index contributed by atoms with van der Waals surface area (Å²) in [6, 6.07) is 6.34. The normalized spacial score (nSPS) is 19.3. The standard InChI is InChI=1S/C13H17NO2S/c1-8(2)9-4-5-10-11(6-9)17-12(13(15)16)7-14(10)3/h4-6,8,12H,7H2,1-3H3,(H,15,16). The molecule has 1 heterocycles. The highest BCUT2D eigenvalue weighted by Crippen LogP contribution is 2.39. The molecule has 1 N–H and O–H groups in total. The first kappa shape index (κ1) is 12.3. The lowest BCUT2D eigenvalue weighted by Gasteiger charge is -2.31. The van der Waals surface area contributed by atoms with Crippen LogP contribution in [0.3, 0.4) is 0 Å². The number of benzene rings is 1. The Labute approximate surface area is 106 Å². The smallest absolute Gasteiger partial charge is 0.318 e. The van der Waals surface area contributed by atoms with Crippen LogP contribution in [0.15, 0.2) is 23.1 Å². The number of carboxylic acid groups (broad SMARTS) is 1. The Morgan fingerprint density at radius 3 is 2.82 bits per heavy atom. The number of rotatable bonds is 2. The SMILES string of the molecule is CC(C)c1ccc2c(c1)SC(C(=O)O)CN2C. The molecule has 0 amide bonds. The van der Waals surface area contributed by atoms with E-state index in [9.17, 15) is 4.79 Å². The van der Waals surface area contributed by atoms with Crippen molar-refractivity contribution in [2.75, 3.05) is 18.5 Å². The number of aliphatic carboxylic acids is 1. The van der Waals surface area contributed by atoms with Crippen LogP contribution in [0.5, 0.6) is 0 Å². The molecule has 1 aliphatic heterocycles. The molecule has 3 nitrogen and oxygen atoms in total. The van der Waals surface area contributed by atoms with Crippen LogP contribution in [0.1, 0.15) is 25.3 Å². The molecular weight excluding hydrogens is 234 g/mol. The molecule has 4 heteroatoms. The molecule has 0 aliphatic carbocycles. The van der Waals surface area contributed by atoms with Crippen LogP contribution < -0.4 is 4.90 Å². The molecule has 17 heavy (non-hydrogen) atoms. The van der Waals surface area contributed by atoms with Crippen LogP contribution in [-0.2, 0) is 4.79 Å². The van der Waals surface area contributed by atoms with Crippen molar-refractivity contribution < 1.29 is 9.90 Å². The number of nitrogens with zero attached hydrogens (tertiary/aromatic N) is 1. The third-order valence-corrected chi connectivity index (χ3v) is 4.26. The van der Waals surface area contributed by atoms with Crippen LogP contribution in [0, 0.1) is 0 Å². The molecule has 0 saturated carbocycles. The molecule has 0 radical (unpaired) electrons. The van der Waals surface area contributed by atoms with E-state index in [0.29, 0.717) is 12.5 Å². The van der Waals surface area contributed by atoms with Crippen LogP contribution >= 0.6 is 11.8 Å². The Balaban J connectivity index is 2.36. The highest BCUT2D eigenvalue weighted by Gasteiger charge is 2.28. The van der Waals surface area contributed by atoms with E-state index in [2.05, 4.69) is 32.0 Å². The van der Waals surface area contributed by atoms with Gasteiger partial charge < -0.3 is 10.0 Å². The fourth-order valence-electron chi connectivity index (χ4n) is 1.97. The van der Waals surface area contributed by atoms with E-state index in [4.69, 9.17) is 5.11 Å². The lowest BCUT2D eigenvalue weighted by molar-refractivity contribution is -0.136. The molecule has 1 aromatic rings. The minimum Gasteiger partial charge on any atom is -0.480 e. The molecule has 2 rings (SSSR count). The van der Waals surface area contributed by atoms with Crippen LogP contribution in [0.2, 0.25) is 0 Å². The number of carboxylic acids is 1. The van der Waals surface area contributed by atoms with Gasteiger partial charge in [-0.25, -0.2) is 0 Å². The average molecular weight is 251 g/mol. The van der Waals surface area contributed by atoms with Crippen molar-refractivity contribution in [1.82, 2.24) is 0 Å². The Hall–Kier alpha value is -1.16. The summed E-state index contributed by atoms with van der Waals surface area (Å²) in [5, 5.41) is 8.75. The first-order valence-corrected chi connectivity index (χ1v) is 6.61. The van der Waals surface area contributed by atoms with Crippen molar-refractivity contribution in [2.45, 2.75) is 29.9 Å². The summed E-state index contributed by atoms with van der Waals surface area (Å²) in [5.74, 6) is -0.265. The highest BCUT2D eigenvalue weighted by atomic mass is 32.2. The number of hydrogen-bond donors (Lipinski definition) is 1. The number of thioether (sulfide) groups is 1. The predicted octanol–water partition coefficient (Wildman–Crippen LogP) is 2.81. The second kappa shape index (κ2) is 4.61. The summed E-state index contributed by atoms with van der Waals surface area (Å²) in [4.78, 5) is 14.2. The van der Waals surface area contributed by atoms with Crippen molar-refractivity contribution in [3.63, 3.8) is 0 Å². The van der Waals surface area contributed by atoms with Crippen molar-refractivity contribution in [1.29, 1.82) is 0 Å². The lowest BCUT2D eigenvalue weighted by atomic mass is 10.0. The van der Waals surface area contributed by atoms with Gasteiger partial charge in [-0.1, -0.05) is 19.9 Å². The minimum atomic E-state index is -0.734. The summed E-state index contributed by atoms with van der Waals surface area (Å²) < 4.78 is 0. The van der Waals surface area contributed by atoms with Gasteiger partial charge in [0.1, 0.15) is 5.25 Å². The minimum absolute atomic E-state index is 0.366. The molecule has 0 aromatic heterocycles. The Bertz CT molecular complexity index is 445. The Kier molecular flexibility index (Phi) is 3.33. The summed E-state index contributed by atoms with van der Waals surface area (Å²) in [6.45, 7) is 4.86. The molecule has 0 fully saturated rings. The van der Waals surface area contributed by atoms with Gasteiger partial charge in [-0.3, -0.25) is 4.79 Å². The molecule has 1 unspecified atom stereocenters. The van der Waals surface area contributed by atoms with Crippen molar-refractivity contribution >= 4 is 23.4 Å². The number of anilines is 1. The zero-order valence-corrected chi connectivity index (χ0v) is 11.1. The van der Waals surface area contributed by atoms with Gasteiger partial charge in [-0.05, 0) is 23.6 Å². The van der Waals surface area contributed by atoms with Crippen LogP contribution in [0.25, 0.3) is 0 Å². The maximum Gasteiger partial charge on any atom is 0.318 e. The zero-order valence-electron chi connectivity index (χ0n) is 10.3. The van der Waals surface area contributed by atoms with Crippen molar-refractivity contribution in [3.8, 4) is 0 Å². The molecule has 0 spiro atoms. The van der Waals surface area contributed by atoms with Crippen LogP contribution in [0.4, 0.5) is 5.69 Å². The van der Waals surface area contributed by atoms with E-state index in [1.807, 2.05) is 11.9 Å². The second-order valence-corrected chi connectivity index (χ2v) is 5.95. The lowest BCUT2D eigenvalue weighted by Crippen LogP contribution is -2.35. The fourth-order valence-corrected chi connectivity index (χ4v) is 3.22. The Morgan fingerprint density at radius 2 is 2.24 bits per heavy atom. The van der Waals surface area contributed by atoms with E-state index in [0.717, 1.165) is 10.6 Å². The van der Waals surface area contributed by atoms with Crippen LogP contribution in [-0.4, -0.2) is 29.9 Å². The van der Waals surface area contributed by atoms with Gasteiger partial charge in [0.15, 0.2) is 0 Å². The first-order valence-electron chi connectivity index (χ1n) is 5.73. The second-order valence-electron chi connectivity index (χ2n) is 4.71. The molecule has 1 aliphatic rings. The third kappa shape index (κ3) is 2.41. The van der Waals surface area contributed by atoms with Gasteiger partial charge in [-0.15, -0.1) is 11.8 Å². The van der Waals surface area contributed by atoms with E-state index in [1.165, 1.54) is 17.3 Å². The average Bonchev–Trinajstić information content (AvgIpc) is 2.27. The molecule has 1 atom stereocenters. The summed E-state index contributed by atoms with van der Waals surface area (Å²) in [6.07, 6.45) is 0. The van der Waals surface area contributed by atoms with Gasteiger partial charge in [-0.2, -0.15) is 0 Å². The quantitative estimate of drug-likeness (QED) is 0.877. The highest BCUT2D eigenvalue weighted by molar-refractivity contribution is 8.00. The summed E-state index contributed by atoms with van der Waals surface area (Å²) >= 11 is 1.46. The van der Waals surface area contributed by atoms with Gasteiger partial charge in [0.05, 0.1) is 5.69 Å². The molecule has 0 bridgehead atoms. The Morgan fingerprint density at radius 1 is 1.53 bits per heavy atom. The molecular formula is C13H17NO2S. The van der Waals surface area contributed by atoms with E-state index in [1.54, 1.807) is 0 Å². The van der Waals surface area contributed by atoms with Crippen molar-refractivity contribution in [2.24, 2.45) is 0 Å². The molecule has 0 saturated heterocycles. The maximum atomic E-state index is 11.1. The van der Waals surface area contributed by atoms with E-state index < -0.39 is 5.97 Å². The van der Waals surface area contributed by atoms with Crippen molar-refractivity contribution in [3.05, 3.63) is 23.8 Å². The van der Waals surface area contributed by atoms with Gasteiger partial charge in [0.25, 0.3) is 0 Å². The van der Waals surface area contributed by atoms with E-state index >= 15 is 0 Å². The fraction of sp³-hybridized carbons (Fsp3) is 0.462. The number of hydrogen-bond acceptors (Lipinski definition) is 3. The largest absolute Gasteiger partial charge is 0.480 e. The predicted molar refractivity (Wildman–Crippen MR) is 71.1 cm³/mol. The monoisotopic (exact) mass is 251 g/mol. The summed E-state index contributed by atoms with van der Waals surface area (Å²) in [7, 11) is 1.95. The number of carbonyl (C=O) groups is 1. The van der Waals surface area contributed by atoms with Gasteiger partial charge in [0, 0.05) is 18.5 Å². The molecule has 1 aromatic carbocycles. The molecule has 92 valence electrons. The first-order chi connectivity index (χ1) is 7.99. The third-order valence-electron chi connectivity index (χ3n) is 3.05. The van der Waals surface area contributed by atoms with Gasteiger partial charge >= 0.3 is 5.97 Å². The summed E-state index contributed by atoms with van der Waals surface area (Å²) in [5.41, 5.74) is 2.40. The zero-order chi connectivity index (χ0) is 12.6.